The number of anilines is 1. The summed E-state index contributed by atoms with van der Waals surface area (Å²) in [5, 5.41) is 9.30. The number of nitrogens with zero attached hydrogens (tertiary/aromatic N) is 3. The van der Waals surface area contributed by atoms with Crippen LogP contribution in [0.15, 0.2) is 24.3 Å². The minimum atomic E-state index is -4.77. The zero-order valence-corrected chi connectivity index (χ0v) is 18.7. The van der Waals surface area contributed by atoms with Gasteiger partial charge in [0.25, 0.3) is 5.91 Å². The van der Waals surface area contributed by atoms with Crippen LogP contribution in [0, 0.1) is 0 Å². The fraction of sp³-hybridized carbons (Fsp3) is 0.650. The maximum Gasteiger partial charge on any atom is 0.573 e. The summed E-state index contributed by atoms with van der Waals surface area (Å²) in [5.41, 5.74) is 2.21. The molecule has 2 aliphatic heterocycles. The highest BCUT2D eigenvalue weighted by atomic mass is 32.2. The van der Waals surface area contributed by atoms with E-state index < -0.39 is 27.0 Å². The summed E-state index contributed by atoms with van der Waals surface area (Å²) in [5.74, 6) is -1.23. The van der Waals surface area contributed by atoms with Crippen LogP contribution in [0.1, 0.15) is 25.7 Å². The van der Waals surface area contributed by atoms with Crippen LogP contribution in [0.4, 0.5) is 18.9 Å². The van der Waals surface area contributed by atoms with Crippen LogP contribution in [0.25, 0.3) is 0 Å². The number of carbonyl (C=O) groups excluding carboxylic acids is 1. The molecule has 4 rings (SSSR count). The number of rotatable bonds is 6. The Bertz CT molecular complexity index is 953. The third-order valence-electron chi connectivity index (χ3n) is 6.69. The molecule has 1 aliphatic carbocycles. The largest absolute Gasteiger partial charge is 0.573 e. The Morgan fingerprint density at radius 2 is 1.61 bits per heavy atom. The first-order valence-corrected chi connectivity index (χ1v) is 12.3. The van der Waals surface area contributed by atoms with Gasteiger partial charge in [0, 0.05) is 51.0 Å². The third kappa shape index (κ3) is 4.91. The minimum Gasteiger partial charge on any atom is -0.406 e. The summed E-state index contributed by atoms with van der Waals surface area (Å²) in [6.45, 7) is 1.81. The first-order chi connectivity index (χ1) is 15.6. The van der Waals surface area contributed by atoms with Gasteiger partial charge in [-0.05, 0) is 49.9 Å². The highest BCUT2D eigenvalue weighted by Crippen LogP contribution is 2.38. The van der Waals surface area contributed by atoms with E-state index in [1.807, 2.05) is 4.90 Å². The number of hydroxylamine groups is 1. The molecule has 0 atom stereocenters. The van der Waals surface area contributed by atoms with Gasteiger partial charge in [-0.25, -0.2) is 13.9 Å². The molecular formula is C20H27F3N4O5S. The molecule has 0 spiro atoms. The molecule has 2 saturated heterocycles. The zero-order chi connectivity index (χ0) is 23.9. The van der Waals surface area contributed by atoms with Gasteiger partial charge in [-0.3, -0.25) is 10.0 Å². The minimum absolute atomic E-state index is 0.110. The molecule has 9 nitrogen and oxygen atoms in total. The van der Waals surface area contributed by atoms with Crippen molar-refractivity contribution in [3.63, 3.8) is 0 Å². The van der Waals surface area contributed by atoms with Crippen LogP contribution >= 0.6 is 0 Å². The van der Waals surface area contributed by atoms with Gasteiger partial charge in [0.05, 0.1) is 0 Å². The molecule has 2 heterocycles. The summed E-state index contributed by atoms with van der Waals surface area (Å²) in [6.07, 6.45) is -2.39. The van der Waals surface area contributed by atoms with Crippen LogP contribution < -0.4 is 15.1 Å². The van der Waals surface area contributed by atoms with Crippen molar-refractivity contribution in [3.8, 4) is 5.75 Å². The van der Waals surface area contributed by atoms with Crippen molar-refractivity contribution in [2.75, 3.05) is 44.2 Å². The molecule has 1 aromatic carbocycles. The van der Waals surface area contributed by atoms with Crippen molar-refractivity contribution in [3.05, 3.63) is 24.3 Å². The summed E-state index contributed by atoms with van der Waals surface area (Å²) >= 11 is 0. The van der Waals surface area contributed by atoms with Crippen molar-refractivity contribution in [1.29, 1.82) is 0 Å². The Morgan fingerprint density at radius 3 is 2.09 bits per heavy atom. The number of sulfonamides is 1. The Labute approximate surface area is 190 Å². The van der Waals surface area contributed by atoms with Gasteiger partial charge in [0.15, 0.2) is 4.75 Å². The van der Waals surface area contributed by atoms with Crippen LogP contribution in [0.5, 0.6) is 5.75 Å². The zero-order valence-electron chi connectivity index (χ0n) is 17.9. The monoisotopic (exact) mass is 492 g/mol. The molecule has 33 heavy (non-hydrogen) atoms. The molecule has 1 amide bonds. The maximum absolute atomic E-state index is 13.6. The number of likely N-dealkylation sites (tertiary alicyclic amines) is 1. The summed E-state index contributed by atoms with van der Waals surface area (Å²) < 4.78 is 67.6. The topological polar surface area (TPSA) is 102 Å². The van der Waals surface area contributed by atoms with E-state index in [1.165, 1.54) is 28.6 Å². The molecule has 2 N–H and O–H groups in total. The standard InChI is InChI=1S/C20H27F3N4O5S/c21-20(22,23)32-17-5-3-16(4-6-17)26-11-13-27(14-12-26)33(30,31)19(18(28)24-29)7-9-25(10-8-19)15-1-2-15/h3-6,15,29H,1-2,7-14H2,(H,24,28). The highest BCUT2D eigenvalue weighted by molar-refractivity contribution is 7.91. The summed E-state index contributed by atoms with van der Waals surface area (Å²) in [6, 6.07) is 5.85. The van der Waals surface area contributed by atoms with E-state index in [0.29, 0.717) is 37.9 Å². The number of hydrogen-bond donors (Lipinski definition) is 2. The van der Waals surface area contributed by atoms with Crippen molar-refractivity contribution < 1.29 is 36.3 Å². The Morgan fingerprint density at radius 1 is 1.03 bits per heavy atom. The van der Waals surface area contributed by atoms with Gasteiger partial charge in [0.1, 0.15) is 5.75 Å². The number of piperazine rings is 1. The lowest BCUT2D eigenvalue weighted by atomic mass is 9.95. The third-order valence-corrected chi connectivity index (χ3v) is 9.32. The summed E-state index contributed by atoms with van der Waals surface area (Å²) in [4.78, 5) is 16.7. The van der Waals surface area contributed by atoms with Gasteiger partial charge in [-0.1, -0.05) is 0 Å². The van der Waals surface area contributed by atoms with Gasteiger partial charge in [0.2, 0.25) is 10.0 Å². The predicted octanol–water partition coefficient (Wildman–Crippen LogP) is 1.54. The highest BCUT2D eigenvalue weighted by Gasteiger charge is 2.55. The van der Waals surface area contributed by atoms with Gasteiger partial charge >= 0.3 is 6.36 Å². The van der Waals surface area contributed by atoms with Crippen LogP contribution in [0.3, 0.4) is 0 Å². The number of benzene rings is 1. The van der Waals surface area contributed by atoms with Crippen molar-refractivity contribution >= 4 is 21.6 Å². The molecule has 0 unspecified atom stereocenters. The lowest BCUT2D eigenvalue weighted by Gasteiger charge is -2.44. The molecule has 184 valence electrons. The van der Waals surface area contributed by atoms with Gasteiger partial charge in [-0.2, -0.15) is 4.31 Å². The fourth-order valence-electron chi connectivity index (χ4n) is 4.69. The number of piperidine rings is 1. The quantitative estimate of drug-likeness (QED) is 0.459. The van der Waals surface area contributed by atoms with Crippen molar-refractivity contribution in [1.82, 2.24) is 14.7 Å². The van der Waals surface area contributed by atoms with E-state index in [1.54, 1.807) is 5.48 Å². The summed E-state index contributed by atoms with van der Waals surface area (Å²) in [7, 11) is -4.06. The molecule has 3 fully saturated rings. The molecule has 0 bridgehead atoms. The van der Waals surface area contributed by atoms with E-state index >= 15 is 0 Å². The predicted molar refractivity (Wildman–Crippen MR) is 112 cm³/mol. The maximum atomic E-state index is 13.6. The number of ether oxygens (including phenoxy) is 1. The second-order valence-corrected chi connectivity index (χ2v) is 10.9. The van der Waals surface area contributed by atoms with E-state index in [9.17, 15) is 31.6 Å². The number of alkyl halides is 3. The average Bonchev–Trinajstić information content (AvgIpc) is 3.63. The molecule has 0 aromatic heterocycles. The fourth-order valence-corrected chi connectivity index (χ4v) is 6.80. The molecule has 13 heteroatoms. The Kier molecular flexibility index (Phi) is 6.51. The second-order valence-electron chi connectivity index (χ2n) is 8.64. The number of hydrogen-bond acceptors (Lipinski definition) is 7. The SMILES string of the molecule is O=C(NO)C1(S(=O)(=O)N2CCN(c3ccc(OC(F)(F)F)cc3)CC2)CCN(C2CC2)CC1. The van der Waals surface area contributed by atoms with E-state index in [-0.39, 0.29) is 31.7 Å². The Balaban J connectivity index is 1.42. The Hall–Kier alpha value is -2.09. The average molecular weight is 493 g/mol. The van der Waals surface area contributed by atoms with Crippen LogP contribution in [0.2, 0.25) is 0 Å². The number of nitrogens with one attached hydrogen (secondary N) is 1. The second kappa shape index (κ2) is 8.93. The van der Waals surface area contributed by atoms with Crippen molar-refractivity contribution in [2.24, 2.45) is 0 Å². The number of amides is 1. The number of carbonyl (C=O) groups is 1. The van der Waals surface area contributed by atoms with E-state index in [4.69, 9.17) is 0 Å². The first kappa shape index (κ1) is 24.0. The molecule has 1 saturated carbocycles. The van der Waals surface area contributed by atoms with E-state index in [2.05, 4.69) is 9.64 Å². The van der Waals surface area contributed by atoms with Gasteiger partial charge < -0.3 is 14.5 Å². The molecular weight excluding hydrogens is 465 g/mol. The molecule has 1 aromatic rings. The van der Waals surface area contributed by atoms with Gasteiger partial charge in [-0.15, -0.1) is 13.2 Å². The van der Waals surface area contributed by atoms with E-state index in [0.717, 1.165) is 12.8 Å². The van der Waals surface area contributed by atoms with Crippen molar-refractivity contribution in [2.45, 2.75) is 42.8 Å². The smallest absolute Gasteiger partial charge is 0.406 e. The van der Waals surface area contributed by atoms with Crippen LogP contribution in [-0.2, 0) is 14.8 Å². The normalized spacial score (nSPS) is 22.7. The number of halogens is 3. The lowest BCUT2D eigenvalue weighted by Crippen LogP contribution is -2.63. The molecule has 0 radical (unpaired) electrons. The first-order valence-electron chi connectivity index (χ1n) is 10.8. The van der Waals surface area contributed by atoms with Crippen LogP contribution in [-0.4, -0.2) is 85.2 Å². The lowest BCUT2D eigenvalue weighted by molar-refractivity contribution is -0.274. The molecule has 3 aliphatic rings.